The summed E-state index contributed by atoms with van der Waals surface area (Å²) >= 11 is 0. The molecule has 2 rings (SSSR count). The largest absolute Gasteiger partial charge is 0.368 e. The molecule has 0 saturated carbocycles. The zero-order chi connectivity index (χ0) is 10.7. The lowest BCUT2D eigenvalue weighted by molar-refractivity contribution is -0.0284. The lowest BCUT2D eigenvalue weighted by Crippen LogP contribution is -2.27. The van der Waals surface area contributed by atoms with Gasteiger partial charge in [-0.15, -0.1) is 0 Å². The molecule has 0 radical (unpaired) electrons. The fourth-order valence-electron chi connectivity index (χ4n) is 1.09. The Kier molecular flexibility index (Phi) is 3.01. The zero-order valence-corrected chi connectivity index (χ0v) is 7.66. The highest BCUT2D eigenvalue weighted by Gasteiger charge is 2.41. The number of ether oxygens (including phenoxy) is 3. The highest BCUT2D eigenvalue weighted by atomic mass is 16.6. The summed E-state index contributed by atoms with van der Waals surface area (Å²) in [6.45, 7) is 0.942. The molecule has 0 aliphatic carbocycles. The van der Waals surface area contributed by atoms with Crippen molar-refractivity contribution in [1.29, 1.82) is 0 Å². The number of hydrogen-bond acceptors (Lipinski definition) is 7. The highest BCUT2D eigenvalue weighted by Crippen LogP contribution is 2.24. The number of carbonyl (C=O) groups excluding carboxylic acids is 2. The van der Waals surface area contributed by atoms with Crippen molar-refractivity contribution in [2.24, 2.45) is 9.98 Å². The second kappa shape index (κ2) is 4.44. The minimum atomic E-state index is -0.770. The van der Waals surface area contributed by atoms with Crippen LogP contribution < -0.4 is 0 Å². The van der Waals surface area contributed by atoms with Crippen LogP contribution in [0.5, 0.6) is 0 Å². The monoisotopic (exact) mass is 212 g/mol. The van der Waals surface area contributed by atoms with Gasteiger partial charge < -0.3 is 14.2 Å². The van der Waals surface area contributed by atoms with Crippen molar-refractivity contribution in [2.75, 3.05) is 13.2 Å². The molecule has 7 heteroatoms. The fourth-order valence-corrected chi connectivity index (χ4v) is 1.09. The summed E-state index contributed by atoms with van der Waals surface area (Å²) in [4.78, 5) is 27.1. The van der Waals surface area contributed by atoms with Gasteiger partial charge in [-0.3, -0.25) is 0 Å². The Labute approximate surface area is 84.7 Å². The standard InChI is InChI=1S/C8H8N2O5/c11-3-9-7(5-1-13-5)15-8(10-4-12)6-2-14-6/h5-8H,1-2H2. The van der Waals surface area contributed by atoms with Gasteiger partial charge in [0.25, 0.3) is 0 Å². The molecule has 0 amide bonds. The molecule has 0 aromatic carbocycles. The normalized spacial score (nSPS) is 30.7. The number of nitrogens with zero attached hydrogens (tertiary/aromatic N) is 2. The molecule has 0 aromatic rings. The number of aliphatic imine (C=N–C) groups is 2. The molecule has 80 valence electrons. The van der Waals surface area contributed by atoms with Crippen LogP contribution in [0.25, 0.3) is 0 Å². The first-order valence-corrected chi connectivity index (χ1v) is 4.38. The highest BCUT2D eigenvalue weighted by molar-refractivity contribution is 5.34. The molecule has 7 nitrogen and oxygen atoms in total. The molecule has 0 aromatic heterocycles. The fraction of sp³-hybridized carbons (Fsp3) is 0.750. The first-order chi connectivity index (χ1) is 7.35. The van der Waals surface area contributed by atoms with E-state index in [9.17, 15) is 9.59 Å². The van der Waals surface area contributed by atoms with E-state index in [1.165, 1.54) is 12.2 Å². The molecule has 4 atom stereocenters. The molecule has 2 aliphatic heterocycles. The first-order valence-electron chi connectivity index (χ1n) is 4.38. The third kappa shape index (κ3) is 2.79. The van der Waals surface area contributed by atoms with Crippen LogP contribution in [0.1, 0.15) is 0 Å². The van der Waals surface area contributed by atoms with Gasteiger partial charge >= 0.3 is 0 Å². The number of epoxide rings is 2. The van der Waals surface area contributed by atoms with Crippen LogP contribution >= 0.6 is 0 Å². The smallest absolute Gasteiger partial charge is 0.237 e. The van der Waals surface area contributed by atoms with Crippen molar-refractivity contribution in [3.05, 3.63) is 0 Å². The maximum Gasteiger partial charge on any atom is 0.237 e. The molecule has 2 heterocycles. The summed E-state index contributed by atoms with van der Waals surface area (Å²) < 4.78 is 15.1. The van der Waals surface area contributed by atoms with Crippen molar-refractivity contribution < 1.29 is 23.8 Å². The van der Waals surface area contributed by atoms with Crippen LogP contribution in [0.15, 0.2) is 9.98 Å². The lowest BCUT2D eigenvalue weighted by atomic mass is 10.4. The second-order valence-corrected chi connectivity index (χ2v) is 3.10. The van der Waals surface area contributed by atoms with Crippen LogP contribution in [-0.2, 0) is 23.8 Å². The quantitative estimate of drug-likeness (QED) is 0.324. The summed E-state index contributed by atoms with van der Waals surface area (Å²) in [7, 11) is 0. The SMILES string of the molecule is O=C=NC(OC(N=C=O)C1CO1)C1CO1. The summed E-state index contributed by atoms with van der Waals surface area (Å²) in [5, 5.41) is 0. The van der Waals surface area contributed by atoms with Crippen molar-refractivity contribution >= 4 is 12.2 Å². The zero-order valence-electron chi connectivity index (χ0n) is 7.66. The number of hydrogen-bond donors (Lipinski definition) is 0. The average molecular weight is 212 g/mol. The van der Waals surface area contributed by atoms with E-state index in [-0.39, 0.29) is 12.2 Å². The van der Waals surface area contributed by atoms with Gasteiger partial charge in [-0.1, -0.05) is 0 Å². The molecule has 2 saturated heterocycles. The van der Waals surface area contributed by atoms with Gasteiger partial charge in [-0.2, -0.15) is 9.98 Å². The molecule has 0 spiro atoms. The minimum Gasteiger partial charge on any atom is -0.368 e. The van der Waals surface area contributed by atoms with Crippen molar-refractivity contribution in [2.45, 2.75) is 24.7 Å². The predicted octanol–water partition coefficient (Wildman–Crippen LogP) is -0.876. The molecule has 4 unspecified atom stereocenters. The van der Waals surface area contributed by atoms with Crippen molar-refractivity contribution in [3.63, 3.8) is 0 Å². The summed E-state index contributed by atoms with van der Waals surface area (Å²) in [6.07, 6.45) is 0.720. The number of isocyanates is 2. The Morgan fingerprint density at radius 1 is 1.07 bits per heavy atom. The first kappa shape index (κ1) is 10.2. The van der Waals surface area contributed by atoms with Crippen molar-refractivity contribution in [1.82, 2.24) is 0 Å². The maximum atomic E-state index is 10.1. The Morgan fingerprint density at radius 2 is 1.47 bits per heavy atom. The molecular weight excluding hydrogens is 204 g/mol. The van der Waals surface area contributed by atoms with E-state index >= 15 is 0 Å². The third-order valence-electron chi connectivity index (χ3n) is 1.99. The van der Waals surface area contributed by atoms with Gasteiger partial charge in [-0.05, 0) is 0 Å². The Bertz CT molecular complexity index is 294. The van der Waals surface area contributed by atoms with E-state index in [0.29, 0.717) is 13.2 Å². The van der Waals surface area contributed by atoms with E-state index < -0.39 is 12.5 Å². The molecule has 2 aliphatic rings. The van der Waals surface area contributed by atoms with Gasteiger partial charge in [0, 0.05) is 0 Å². The average Bonchev–Trinajstić information content (AvgIpc) is 3.05. The second-order valence-electron chi connectivity index (χ2n) is 3.10. The van der Waals surface area contributed by atoms with Gasteiger partial charge in [0.1, 0.15) is 12.2 Å². The van der Waals surface area contributed by atoms with Crippen LogP contribution in [0.4, 0.5) is 0 Å². The summed E-state index contributed by atoms with van der Waals surface area (Å²) in [5.41, 5.74) is 0. The van der Waals surface area contributed by atoms with E-state index in [1.807, 2.05) is 0 Å². The van der Waals surface area contributed by atoms with E-state index in [2.05, 4.69) is 9.98 Å². The van der Waals surface area contributed by atoms with E-state index in [1.54, 1.807) is 0 Å². The van der Waals surface area contributed by atoms with Crippen LogP contribution in [0.2, 0.25) is 0 Å². The predicted molar refractivity (Wildman–Crippen MR) is 44.4 cm³/mol. The van der Waals surface area contributed by atoms with Crippen LogP contribution in [-0.4, -0.2) is 50.0 Å². The van der Waals surface area contributed by atoms with E-state index in [0.717, 1.165) is 0 Å². The Hall–Kier alpha value is -1.36. The lowest BCUT2D eigenvalue weighted by Gasteiger charge is -2.13. The molecule has 0 N–H and O–H groups in total. The van der Waals surface area contributed by atoms with E-state index in [4.69, 9.17) is 14.2 Å². The minimum absolute atomic E-state index is 0.255. The van der Waals surface area contributed by atoms with Gasteiger partial charge in [0.2, 0.25) is 12.2 Å². The van der Waals surface area contributed by atoms with Gasteiger partial charge in [0.15, 0.2) is 12.5 Å². The van der Waals surface area contributed by atoms with Gasteiger partial charge in [-0.25, -0.2) is 9.59 Å². The molecular formula is C8H8N2O5. The summed E-state index contributed by atoms with van der Waals surface area (Å²) in [5.74, 6) is 0. The van der Waals surface area contributed by atoms with Crippen LogP contribution in [0.3, 0.4) is 0 Å². The third-order valence-corrected chi connectivity index (χ3v) is 1.99. The van der Waals surface area contributed by atoms with Gasteiger partial charge in [0.05, 0.1) is 13.2 Å². The van der Waals surface area contributed by atoms with Crippen LogP contribution in [0, 0.1) is 0 Å². The Morgan fingerprint density at radius 3 is 1.73 bits per heavy atom. The Balaban J connectivity index is 1.95. The molecule has 2 fully saturated rings. The summed E-state index contributed by atoms with van der Waals surface area (Å²) in [6, 6.07) is 0. The number of rotatable bonds is 6. The topological polar surface area (TPSA) is 93.2 Å². The van der Waals surface area contributed by atoms with Crippen molar-refractivity contribution in [3.8, 4) is 0 Å². The molecule has 0 bridgehead atoms. The maximum absolute atomic E-state index is 10.1. The molecule has 15 heavy (non-hydrogen) atoms.